The van der Waals surface area contributed by atoms with Crippen molar-refractivity contribution in [3.05, 3.63) is 11.8 Å². The summed E-state index contributed by atoms with van der Waals surface area (Å²) in [5, 5.41) is 0. The van der Waals surface area contributed by atoms with E-state index in [1.807, 2.05) is 0 Å². The summed E-state index contributed by atoms with van der Waals surface area (Å²) >= 11 is 0. The molecule has 5 heteroatoms. The molecule has 2 N–H and O–H groups in total. The highest BCUT2D eigenvalue weighted by Gasteiger charge is 2.05. The molecule has 1 aromatic heterocycles. The third-order valence-electron chi connectivity index (χ3n) is 1.62. The Morgan fingerprint density at radius 2 is 2.38 bits per heavy atom. The number of halogens is 1. The zero-order valence-corrected chi connectivity index (χ0v) is 7.46. The van der Waals surface area contributed by atoms with Gasteiger partial charge in [-0.15, -0.1) is 0 Å². The molecule has 0 atom stereocenters. The van der Waals surface area contributed by atoms with Crippen LogP contribution >= 0.6 is 0 Å². The Morgan fingerprint density at radius 1 is 1.62 bits per heavy atom. The molecule has 0 amide bonds. The van der Waals surface area contributed by atoms with Crippen LogP contribution in [0.3, 0.4) is 0 Å². The van der Waals surface area contributed by atoms with Gasteiger partial charge in [-0.05, 0) is 12.8 Å². The third kappa shape index (κ3) is 2.54. The van der Waals surface area contributed by atoms with Gasteiger partial charge in [0.25, 0.3) is 0 Å². The summed E-state index contributed by atoms with van der Waals surface area (Å²) in [6, 6.07) is 0. The standard InChI is InChI=1S/C8H12FN3O/c1-13-7-6(3-2-4-9)5-11-8(10)12-7/h5H,2-4H2,1H3,(H2,10,11,12). The van der Waals surface area contributed by atoms with Crippen molar-refractivity contribution in [3.63, 3.8) is 0 Å². The van der Waals surface area contributed by atoms with Crippen molar-refractivity contribution in [1.82, 2.24) is 9.97 Å². The van der Waals surface area contributed by atoms with Crippen molar-refractivity contribution in [1.29, 1.82) is 0 Å². The van der Waals surface area contributed by atoms with Gasteiger partial charge < -0.3 is 10.5 Å². The van der Waals surface area contributed by atoms with Crippen LogP contribution in [0.4, 0.5) is 10.3 Å². The third-order valence-corrected chi connectivity index (χ3v) is 1.62. The van der Waals surface area contributed by atoms with Crippen molar-refractivity contribution in [2.75, 3.05) is 19.5 Å². The molecule has 4 nitrogen and oxygen atoms in total. The second-order valence-electron chi connectivity index (χ2n) is 2.56. The lowest BCUT2D eigenvalue weighted by Gasteiger charge is -2.05. The molecular weight excluding hydrogens is 173 g/mol. The van der Waals surface area contributed by atoms with Crippen molar-refractivity contribution < 1.29 is 9.13 Å². The molecule has 13 heavy (non-hydrogen) atoms. The number of anilines is 1. The molecule has 0 saturated heterocycles. The van der Waals surface area contributed by atoms with E-state index in [1.54, 1.807) is 6.20 Å². The fraction of sp³-hybridized carbons (Fsp3) is 0.500. The van der Waals surface area contributed by atoms with Crippen LogP contribution in [0.5, 0.6) is 5.88 Å². The minimum absolute atomic E-state index is 0.167. The molecule has 0 aromatic carbocycles. The quantitative estimate of drug-likeness (QED) is 0.759. The summed E-state index contributed by atoms with van der Waals surface area (Å²) in [4.78, 5) is 7.67. The lowest BCUT2D eigenvalue weighted by Crippen LogP contribution is -2.01. The first kappa shape index (κ1) is 9.70. The highest BCUT2D eigenvalue weighted by Crippen LogP contribution is 2.16. The molecule has 0 bridgehead atoms. The van der Waals surface area contributed by atoms with Crippen molar-refractivity contribution >= 4 is 5.95 Å². The Balaban J connectivity index is 2.79. The summed E-state index contributed by atoms with van der Waals surface area (Å²) in [6.07, 6.45) is 2.58. The SMILES string of the molecule is COc1nc(N)ncc1CCCF. The zero-order valence-electron chi connectivity index (χ0n) is 7.46. The molecule has 0 saturated carbocycles. The minimum Gasteiger partial charge on any atom is -0.481 e. The van der Waals surface area contributed by atoms with Crippen LogP contribution < -0.4 is 10.5 Å². The molecule has 0 aliphatic carbocycles. The van der Waals surface area contributed by atoms with Gasteiger partial charge in [0.05, 0.1) is 13.8 Å². The van der Waals surface area contributed by atoms with Crippen molar-refractivity contribution in [2.45, 2.75) is 12.8 Å². The summed E-state index contributed by atoms with van der Waals surface area (Å²) in [6.45, 7) is -0.354. The first-order valence-electron chi connectivity index (χ1n) is 3.99. The number of methoxy groups -OCH3 is 1. The molecule has 0 spiro atoms. The van der Waals surface area contributed by atoms with E-state index in [9.17, 15) is 4.39 Å². The summed E-state index contributed by atoms with van der Waals surface area (Å²) in [7, 11) is 1.50. The maximum atomic E-state index is 11.9. The fourth-order valence-electron chi connectivity index (χ4n) is 1.01. The molecule has 0 unspecified atom stereocenters. The topological polar surface area (TPSA) is 61.0 Å². The molecule has 1 rings (SSSR count). The number of ether oxygens (including phenoxy) is 1. The molecular formula is C8H12FN3O. The first-order chi connectivity index (χ1) is 6.27. The Hall–Kier alpha value is -1.39. The van der Waals surface area contributed by atoms with Gasteiger partial charge in [0, 0.05) is 11.8 Å². The number of rotatable bonds is 4. The summed E-state index contributed by atoms with van der Waals surface area (Å²) in [5.41, 5.74) is 6.14. The lowest BCUT2D eigenvalue weighted by atomic mass is 10.2. The van der Waals surface area contributed by atoms with E-state index in [-0.39, 0.29) is 12.6 Å². The van der Waals surface area contributed by atoms with Gasteiger partial charge in [-0.2, -0.15) is 4.98 Å². The predicted octanol–water partition coefficient (Wildman–Crippen LogP) is 0.970. The molecule has 0 fully saturated rings. The molecule has 72 valence electrons. The zero-order chi connectivity index (χ0) is 9.68. The fourth-order valence-corrected chi connectivity index (χ4v) is 1.01. The maximum Gasteiger partial charge on any atom is 0.223 e. The Labute approximate surface area is 75.9 Å². The van der Waals surface area contributed by atoms with Crippen LogP contribution in [0.1, 0.15) is 12.0 Å². The van der Waals surface area contributed by atoms with E-state index in [1.165, 1.54) is 7.11 Å². The number of nitrogen functional groups attached to an aromatic ring is 1. The monoisotopic (exact) mass is 185 g/mol. The Bertz CT molecular complexity index is 280. The second-order valence-corrected chi connectivity index (χ2v) is 2.56. The minimum atomic E-state index is -0.354. The van der Waals surface area contributed by atoms with Gasteiger partial charge in [0.15, 0.2) is 0 Å². The van der Waals surface area contributed by atoms with Crippen LogP contribution in [-0.4, -0.2) is 23.8 Å². The molecule has 1 aromatic rings. The number of nitrogens with two attached hydrogens (primary N) is 1. The van der Waals surface area contributed by atoms with E-state index >= 15 is 0 Å². The number of hydrogen-bond acceptors (Lipinski definition) is 4. The van der Waals surface area contributed by atoms with E-state index in [2.05, 4.69) is 9.97 Å². The van der Waals surface area contributed by atoms with Crippen LogP contribution in [0.25, 0.3) is 0 Å². The normalized spacial score (nSPS) is 10.0. The largest absolute Gasteiger partial charge is 0.481 e. The van der Waals surface area contributed by atoms with Gasteiger partial charge in [-0.1, -0.05) is 0 Å². The predicted molar refractivity (Wildman–Crippen MR) is 47.3 cm³/mol. The summed E-state index contributed by atoms with van der Waals surface area (Å²) < 4.78 is 16.9. The first-order valence-corrected chi connectivity index (χ1v) is 3.99. The van der Waals surface area contributed by atoms with Gasteiger partial charge >= 0.3 is 0 Å². The molecule has 0 aliphatic heterocycles. The molecule has 1 heterocycles. The van der Waals surface area contributed by atoms with Gasteiger partial charge in [-0.25, -0.2) is 4.98 Å². The smallest absolute Gasteiger partial charge is 0.223 e. The summed E-state index contributed by atoms with van der Waals surface area (Å²) in [5.74, 6) is 0.599. The molecule has 0 radical (unpaired) electrons. The van der Waals surface area contributed by atoms with E-state index < -0.39 is 0 Å². The average Bonchev–Trinajstić information content (AvgIpc) is 2.16. The lowest BCUT2D eigenvalue weighted by molar-refractivity contribution is 0.389. The molecule has 0 aliphatic rings. The highest BCUT2D eigenvalue weighted by molar-refractivity contribution is 5.29. The van der Waals surface area contributed by atoms with E-state index in [0.717, 1.165) is 5.56 Å². The van der Waals surface area contributed by atoms with Gasteiger partial charge in [0.1, 0.15) is 0 Å². The van der Waals surface area contributed by atoms with Crippen LogP contribution in [0.15, 0.2) is 6.20 Å². The number of aryl methyl sites for hydroxylation is 1. The Morgan fingerprint density at radius 3 is 3.00 bits per heavy atom. The van der Waals surface area contributed by atoms with Crippen LogP contribution in [-0.2, 0) is 6.42 Å². The van der Waals surface area contributed by atoms with Crippen LogP contribution in [0.2, 0.25) is 0 Å². The maximum absolute atomic E-state index is 11.9. The number of aromatic nitrogens is 2. The number of nitrogens with zero attached hydrogens (tertiary/aromatic N) is 2. The number of alkyl halides is 1. The highest BCUT2D eigenvalue weighted by atomic mass is 19.1. The number of hydrogen-bond donors (Lipinski definition) is 1. The van der Waals surface area contributed by atoms with E-state index in [0.29, 0.717) is 18.7 Å². The Kier molecular flexibility index (Phi) is 3.42. The van der Waals surface area contributed by atoms with Crippen molar-refractivity contribution in [3.8, 4) is 5.88 Å². The van der Waals surface area contributed by atoms with Crippen molar-refractivity contribution in [2.24, 2.45) is 0 Å². The van der Waals surface area contributed by atoms with Crippen LogP contribution in [0, 0.1) is 0 Å². The average molecular weight is 185 g/mol. The second kappa shape index (κ2) is 4.59. The van der Waals surface area contributed by atoms with E-state index in [4.69, 9.17) is 10.5 Å². The van der Waals surface area contributed by atoms with Gasteiger partial charge in [0.2, 0.25) is 11.8 Å². The van der Waals surface area contributed by atoms with Gasteiger partial charge in [-0.3, -0.25) is 4.39 Å².